The average molecular weight is 398 g/mol. The van der Waals surface area contributed by atoms with Crippen molar-refractivity contribution in [2.24, 2.45) is 0 Å². The smallest absolute Gasteiger partial charge is 0.323 e. The monoisotopic (exact) mass is 397 g/mol. The van der Waals surface area contributed by atoms with Gasteiger partial charge >= 0.3 is 6.03 Å². The Kier molecular flexibility index (Phi) is 4.58. The molecular weight excluding hydrogens is 382 g/mol. The average Bonchev–Trinajstić information content (AvgIpc) is 3.34. The Bertz CT molecular complexity index is 1100. The predicted molar refractivity (Wildman–Crippen MR) is 102 cm³/mol. The van der Waals surface area contributed by atoms with Crippen LogP contribution in [0.15, 0.2) is 30.6 Å². The van der Waals surface area contributed by atoms with Gasteiger partial charge in [0.1, 0.15) is 11.8 Å². The van der Waals surface area contributed by atoms with Crippen LogP contribution in [0.4, 0.5) is 16.2 Å². The highest BCUT2D eigenvalue weighted by molar-refractivity contribution is 6.29. The van der Waals surface area contributed by atoms with Gasteiger partial charge in [-0.2, -0.15) is 10.4 Å². The predicted octanol–water partition coefficient (Wildman–Crippen LogP) is 2.97. The second kappa shape index (κ2) is 7.07. The minimum Gasteiger partial charge on any atom is -0.384 e. The molecule has 1 aliphatic carbocycles. The van der Waals surface area contributed by atoms with E-state index >= 15 is 0 Å². The van der Waals surface area contributed by atoms with E-state index < -0.39 is 6.03 Å². The van der Waals surface area contributed by atoms with E-state index in [-0.39, 0.29) is 11.1 Å². The standard InChI is InChI=1S/C18H16ClN7O2/c1-28-10-18(3-4-18)16-13(9-22-15-7-14(19)25-26(15)16)24-17(27)23-11-2-5-21-12(6-11)8-20/h2,5-7,9H,3-4,10H2,1H3,(H2,21,23,24,27). The highest BCUT2D eigenvalue weighted by atomic mass is 35.5. The Labute approximate surface area is 165 Å². The van der Waals surface area contributed by atoms with Crippen molar-refractivity contribution in [2.45, 2.75) is 18.3 Å². The zero-order valence-corrected chi connectivity index (χ0v) is 15.7. The molecule has 1 aliphatic rings. The number of nitrogens with zero attached hydrogens (tertiary/aromatic N) is 5. The molecule has 4 rings (SSSR count). The number of halogens is 1. The van der Waals surface area contributed by atoms with Gasteiger partial charge in [0.2, 0.25) is 0 Å². The maximum Gasteiger partial charge on any atom is 0.323 e. The van der Waals surface area contributed by atoms with Crippen LogP contribution in [0.5, 0.6) is 0 Å². The third-order valence-electron chi connectivity index (χ3n) is 4.61. The van der Waals surface area contributed by atoms with Crippen molar-refractivity contribution in [1.29, 1.82) is 5.26 Å². The topological polar surface area (TPSA) is 117 Å². The number of anilines is 2. The molecule has 142 valence electrons. The number of amides is 2. The number of ether oxygens (including phenoxy) is 1. The highest BCUT2D eigenvalue weighted by Gasteiger charge is 2.48. The van der Waals surface area contributed by atoms with Crippen LogP contribution in [0.3, 0.4) is 0 Å². The molecule has 0 unspecified atom stereocenters. The van der Waals surface area contributed by atoms with Gasteiger partial charge < -0.3 is 15.4 Å². The molecule has 1 saturated carbocycles. The molecule has 9 nitrogen and oxygen atoms in total. The number of carbonyl (C=O) groups is 1. The van der Waals surface area contributed by atoms with E-state index in [2.05, 4.69) is 25.7 Å². The van der Waals surface area contributed by atoms with Crippen molar-refractivity contribution >= 4 is 34.7 Å². The number of nitriles is 1. The number of methoxy groups -OCH3 is 1. The van der Waals surface area contributed by atoms with Crippen LogP contribution in [0.2, 0.25) is 5.15 Å². The quantitative estimate of drug-likeness (QED) is 0.683. The number of nitrogens with one attached hydrogen (secondary N) is 2. The molecule has 0 saturated heterocycles. The van der Waals surface area contributed by atoms with Crippen molar-refractivity contribution in [1.82, 2.24) is 19.6 Å². The molecule has 0 bridgehead atoms. The van der Waals surface area contributed by atoms with E-state index in [1.54, 1.807) is 30.0 Å². The highest BCUT2D eigenvalue weighted by Crippen LogP contribution is 2.50. The molecule has 3 aromatic rings. The number of hydrogen-bond donors (Lipinski definition) is 2. The summed E-state index contributed by atoms with van der Waals surface area (Å²) in [5.74, 6) is 0. The molecular formula is C18H16ClN7O2. The second-order valence-electron chi connectivity index (χ2n) is 6.59. The maximum absolute atomic E-state index is 12.5. The molecule has 28 heavy (non-hydrogen) atoms. The number of pyridine rings is 1. The summed E-state index contributed by atoms with van der Waals surface area (Å²) in [4.78, 5) is 20.8. The minimum absolute atomic E-state index is 0.213. The van der Waals surface area contributed by atoms with Crippen LogP contribution < -0.4 is 10.6 Å². The summed E-state index contributed by atoms with van der Waals surface area (Å²) in [5, 5.41) is 19.1. The molecule has 0 spiro atoms. The molecule has 10 heteroatoms. The number of carbonyl (C=O) groups excluding carboxylic acids is 1. The van der Waals surface area contributed by atoms with Crippen molar-refractivity contribution < 1.29 is 9.53 Å². The summed E-state index contributed by atoms with van der Waals surface area (Å²) < 4.78 is 7.06. The van der Waals surface area contributed by atoms with Gasteiger partial charge in [0.15, 0.2) is 10.8 Å². The van der Waals surface area contributed by atoms with Crippen LogP contribution in [-0.2, 0) is 10.2 Å². The lowest BCUT2D eigenvalue weighted by atomic mass is 10.0. The van der Waals surface area contributed by atoms with Gasteiger partial charge in [-0.05, 0) is 25.0 Å². The summed E-state index contributed by atoms with van der Waals surface area (Å²) in [5.41, 5.74) is 2.34. The van der Waals surface area contributed by atoms with Gasteiger partial charge in [0.25, 0.3) is 0 Å². The van der Waals surface area contributed by atoms with Crippen molar-refractivity contribution in [2.75, 3.05) is 24.4 Å². The SMILES string of the molecule is COCC1(c2c(NC(=O)Nc3ccnc(C#N)c3)cnc3cc(Cl)nn23)CC1. The van der Waals surface area contributed by atoms with E-state index in [1.807, 2.05) is 6.07 Å². The van der Waals surface area contributed by atoms with Gasteiger partial charge in [-0.3, -0.25) is 0 Å². The fourth-order valence-corrected chi connectivity index (χ4v) is 3.41. The van der Waals surface area contributed by atoms with Crippen LogP contribution >= 0.6 is 11.6 Å². The zero-order valence-electron chi connectivity index (χ0n) is 14.9. The van der Waals surface area contributed by atoms with Gasteiger partial charge in [-0.25, -0.2) is 19.3 Å². The molecule has 2 N–H and O–H groups in total. The molecule has 1 fully saturated rings. The van der Waals surface area contributed by atoms with Crippen LogP contribution in [0, 0.1) is 11.3 Å². The van der Waals surface area contributed by atoms with Crippen molar-refractivity contribution in [3.05, 3.63) is 47.1 Å². The first-order valence-corrected chi connectivity index (χ1v) is 8.90. The summed E-state index contributed by atoms with van der Waals surface area (Å²) in [6.45, 7) is 0.496. The lowest BCUT2D eigenvalue weighted by Gasteiger charge is -2.20. The van der Waals surface area contributed by atoms with Gasteiger partial charge in [-0.15, -0.1) is 0 Å². The number of rotatable bonds is 5. The van der Waals surface area contributed by atoms with Crippen LogP contribution in [-0.4, -0.2) is 39.3 Å². The number of urea groups is 1. The minimum atomic E-state index is -0.469. The van der Waals surface area contributed by atoms with Gasteiger partial charge in [0.05, 0.1) is 24.2 Å². The third-order valence-corrected chi connectivity index (χ3v) is 4.80. The number of aromatic nitrogens is 4. The van der Waals surface area contributed by atoms with Crippen molar-refractivity contribution in [3.8, 4) is 6.07 Å². The van der Waals surface area contributed by atoms with Crippen LogP contribution in [0.25, 0.3) is 5.65 Å². The molecule has 0 aliphatic heterocycles. The lowest BCUT2D eigenvalue weighted by Crippen LogP contribution is -2.26. The fraction of sp³-hybridized carbons (Fsp3) is 0.278. The Morgan fingerprint density at radius 2 is 2.21 bits per heavy atom. The molecule has 0 atom stereocenters. The van der Waals surface area contributed by atoms with E-state index in [9.17, 15) is 4.79 Å². The number of fused-ring (bicyclic) bond motifs is 1. The Balaban J connectivity index is 1.66. The first-order valence-electron chi connectivity index (χ1n) is 8.52. The first-order chi connectivity index (χ1) is 13.5. The van der Waals surface area contributed by atoms with Crippen molar-refractivity contribution in [3.63, 3.8) is 0 Å². The Hall–Kier alpha value is -3.22. The first kappa shape index (κ1) is 18.2. The summed E-state index contributed by atoms with van der Waals surface area (Å²) in [7, 11) is 1.64. The van der Waals surface area contributed by atoms with E-state index in [0.717, 1.165) is 18.5 Å². The largest absolute Gasteiger partial charge is 0.384 e. The molecule has 2 amide bonds. The normalized spacial score (nSPS) is 14.5. The molecule has 3 aromatic heterocycles. The molecule has 0 radical (unpaired) electrons. The Morgan fingerprint density at radius 3 is 2.93 bits per heavy atom. The fourth-order valence-electron chi connectivity index (χ4n) is 3.24. The summed E-state index contributed by atoms with van der Waals surface area (Å²) in [6, 6.07) is 6.22. The number of hydrogen-bond acceptors (Lipinski definition) is 6. The second-order valence-corrected chi connectivity index (χ2v) is 6.98. The van der Waals surface area contributed by atoms with E-state index in [4.69, 9.17) is 21.6 Å². The van der Waals surface area contributed by atoms with E-state index in [1.165, 1.54) is 12.3 Å². The van der Waals surface area contributed by atoms with Gasteiger partial charge in [0, 0.05) is 30.5 Å². The van der Waals surface area contributed by atoms with Crippen LogP contribution in [0.1, 0.15) is 24.2 Å². The summed E-state index contributed by atoms with van der Waals surface area (Å²) >= 11 is 6.06. The molecule has 0 aromatic carbocycles. The molecule has 3 heterocycles. The zero-order chi connectivity index (χ0) is 19.7. The third kappa shape index (κ3) is 3.35. The van der Waals surface area contributed by atoms with E-state index in [0.29, 0.717) is 28.8 Å². The maximum atomic E-state index is 12.5. The Morgan fingerprint density at radius 1 is 1.39 bits per heavy atom. The summed E-state index contributed by atoms with van der Waals surface area (Å²) in [6.07, 6.45) is 4.86. The lowest BCUT2D eigenvalue weighted by molar-refractivity contribution is 0.169. The van der Waals surface area contributed by atoms with Gasteiger partial charge in [-0.1, -0.05) is 11.6 Å².